The summed E-state index contributed by atoms with van der Waals surface area (Å²) in [5.41, 5.74) is 4.64. The van der Waals surface area contributed by atoms with E-state index in [0.717, 1.165) is 36.8 Å². The number of carbonyl (C=O) groups excluding carboxylic acids is 2. The maximum atomic E-state index is 13.0. The predicted octanol–water partition coefficient (Wildman–Crippen LogP) is 4.94. The molecule has 1 atom stereocenters. The van der Waals surface area contributed by atoms with Crippen LogP contribution in [0.5, 0.6) is 0 Å². The smallest absolute Gasteiger partial charge is 0.407 e. The van der Waals surface area contributed by atoms with Gasteiger partial charge in [0.15, 0.2) is 0 Å². The Bertz CT molecular complexity index is 1020. The zero-order valence-corrected chi connectivity index (χ0v) is 20.2. The Labute approximate surface area is 206 Å². The summed E-state index contributed by atoms with van der Waals surface area (Å²) in [6.45, 7) is 2.50. The number of rotatable bonds is 12. The fourth-order valence-corrected chi connectivity index (χ4v) is 4.92. The van der Waals surface area contributed by atoms with E-state index in [1.54, 1.807) is 4.90 Å². The standard InChI is InChI=1S/C28H34N2O5/c1-2-3-8-19(17-26(31)30(20-13-14-20)16-15-27(32)33)29-28(34)35-18-25-23-11-6-4-9-21(23)22-10-5-7-12-24(22)25/h4-7,9-12,19-20,25H,2-3,8,13-18H2,1H3,(H,29,34)(H,32,33)/t19-/m1/s1. The fraction of sp³-hybridized carbons (Fsp3) is 0.464. The van der Waals surface area contributed by atoms with Crippen LogP contribution in [0.4, 0.5) is 4.79 Å². The molecule has 0 spiro atoms. The molecular weight excluding hydrogens is 444 g/mol. The van der Waals surface area contributed by atoms with Crippen molar-refractivity contribution in [3.8, 4) is 11.1 Å². The molecule has 1 saturated carbocycles. The lowest BCUT2D eigenvalue weighted by Gasteiger charge is -2.25. The van der Waals surface area contributed by atoms with Gasteiger partial charge in [-0.25, -0.2) is 4.79 Å². The molecule has 0 unspecified atom stereocenters. The highest BCUT2D eigenvalue weighted by Crippen LogP contribution is 2.44. The van der Waals surface area contributed by atoms with Gasteiger partial charge in [0.25, 0.3) is 0 Å². The maximum Gasteiger partial charge on any atom is 0.407 e. The number of benzene rings is 2. The van der Waals surface area contributed by atoms with Gasteiger partial charge in [0, 0.05) is 31.0 Å². The van der Waals surface area contributed by atoms with Crippen LogP contribution < -0.4 is 5.32 Å². The van der Waals surface area contributed by atoms with Gasteiger partial charge in [-0.1, -0.05) is 68.3 Å². The highest BCUT2D eigenvalue weighted by molar-refractivity contribution is 5.80. The monoisotopic (exact) mass is 478 g/mol. The van der Waals surface area contributed by atoms with Gasteiger partial charge in [0.1, 0.15) is 6.61 Å². The summed E-state index contributed by atoms with van der Waals surface area (Å²) >= 11 is 0. The van der Waals surface area contributed by atoms with E-state index in [0.29, 0.717) is 6.42 Å². The van der Waals surface area contributed by atoms with Crippen molar-refractivity contribution in [3.05, 3.63) is 59.7 Å². The zero-order chi connectivity index (χ0) is 24.8. The van der Waals surface area contributed by atoms with Gasteiger partial charge in [-0.2, -0.15) is 0 Å². The van der Waals surface area contributed by atoms with Crippen LogP contribution in [-0.4, -0.2) is 53.2 Å². The lowest BCUT2D eigenvalue weighted by Crippen LogP contribution is -2.42. The zero-order valence-electron chi connectivity index (χ0n) is 20.2. The van der Waals surface area contributed by atoms with E-state index in [4.69, 9.17) is 9.84 Å². The molecule has 2 aromatic rings. The van der Waals surface area contributed by atoms with E-state index in [1.165, 1.54) is 11.1 Å². The van der Waals surface area contributed by atoms with Crippen LogP contribution >= 0.6 is 0 Å². The minimum Gasteiger partial charge on any atom is -0.481 e. The molecule has 2 aromatic carbocycles. The Morgan fingerprint density at radius 1 is 1.06 bits per heavy atom. The van der Waals surface area contributed by atoms with E-state index < -0.39 is 12.1 Å². The number of hydrogen-bond donors (Lipinski definition) is 2. The number of nitrogens with zero attached hydrogens (tertiary/aromatic N) is 1. The van der Waals surface area contributed by atoms with Crippen LogP contribution in [0.1, 0.15) is 68.9 Å². The number of alkyl carbamates (subject to hydrolysis) is 1. The van der Waals surface area contributed by atoms with Crippen molar-refractivity contribution in [2.24, 2.45) is 0 Å². The van der Waals surface area contributed by atoms with Gasteiger partial charge >= 0.3 is 12.1 Å². The second kappa shape index (κ2) is 11.4. The number of ether oxygens (including phenoxy) is 1. The highest BCUT2D eigenvalue weighted by Gasteiger charge is 2.34. The fourth-order valence-electron chi connectivity index (χ4n) is 4.92. The molecule has 2 N–H and O–H groups in total. The molecule has 0 heterocycles. The SMILES string of the molecule is CCCC[C@H](CC(=O)N(CCC(=O)O)C1CC1)NC(=O)OCC1c2ccccc2-c2ccccc21. The second-order valence-corrected chi connectivity index (χ2v) is 9.48. The molecule has 0 radical (unpaired) electrons. The maximum absolute atomic E-state index is 13.0. The molecular formula is C28H34N2O5. The number of carboxylic acid groups (broad SMARTS) is 1. The van der Waals surface area contributed by atoms with Gasteiger partial charge < -0.3 is 20.1 Å². The largest absolute Gasteiger partial charge is 0.481 e. The Morgan fingerprint density at radius 2 is 1.69 bits per heavy atom. The van der Waals surface area contributed by atoms with Gasteiger partial charge in [-0.05, 0) is 41.5 Å². The Kier molecular flexibility index (Phi) is 8.06. The van der Waals surface area contributed by atoms with Crippen LogP contribution in [0.25, 0.3) is 11.1 Å². The lowest BCUT2D eigenvalue weighted by molar-refractivity contribution is -0.138. The number of amides is 2. The number of aliphatic carboxylic acids is 1. The molecule has 7 nitrogen and oxygen atoms in total. The van der Waals surface area contributed by atoms with Crippen molar-refractivity contribution >= 4 is 18.0 Å². The molecule has 0 aliphatic heterocycles. The summed E-state index contributed by atoms with van der Waals surface area (Å²) < 4.78 is 5.68. The normalized spacial score (nSPS) is 15.1. The average Bonchev–Trinajstić information content (AvgIpc) is 3.63. The first-order valence-corrected chi connectivity index (χ1v) is 12.6. The predicted molar refractivity (Wildman–Crippen MR) is 133 cm³/mol. The van der Waals surface area contributed by atoms with Crippen molar-refractivity contribution in [3.63, 3.8) is 0 Å². The van der Waals surface area contributed by atoms with Crippen molar-refractivity contribution in [1.29, 1.82) is 0 Å². The van der Waals surface area contributed by atoms with Crippen LogP contribution in [0.2, 0.25) is 0 Å². The molecule has 0 saturated heterocycles. The van der Waals surface area contributed by atoms with Gasteiger partial charge in [-0.15, -0.1) is 0 Å². The molecule has 186 valence electrons. The number of fused-ring (bicyclic) bond motifs is 3. The topological polar surface area (TPSA) is 95.9 Å². The first-order valence-electron chi connectivity index (χ1n) is 12.6. The first-order chi connectivity index (χ1) is 17.0. The van der Waals surface area contributed by atoms with Gasteiger partial charge in [0.2, 0.25) is 5.91 Å². The number of nitrogens with one attached hydrogen (secondary N) is 1. The number of carbonyl (C=O) groups is 3. The van der Waals surface area contributed by atoms with Gasteiger partial charge in [-0.3, -0.25) is 9.59 Å². The minimum atomic E-state index is -0.914. The van der Waals surface area contributed by atoms with E-state index in [1.807, 2.05) is 24.3 Å². The van der Waals surface area contributed by atoms with Gasteiger partial charge in [0.05, 0.1) is 6.42 Å². The molecule has 0 aromatic heterocycles. The van der Waals surface area contributed by atoms with Crippen molar-refractivity contribution < 1.29 is 24.2 Å². The van der Waals surface area contributed by atoms with E-state index >= 15 is 0 Å². The summed E-state index contributed by atoms with van der Waals surface area (Å²) in [7, 11) is 0. The van der Waals surface area contributed by atoms with Crippen molar-refractivity contribution in [1.82, 2.24) is 10.2 Å². The second-order valence-electron chi connectivity index (χ2n) is 9.48. The summed E-state index contributed by atoms with van der Waals surface area (Å²) in [6.07, 6.45) is 3.87. The van der Waals surface area contributed by atoms with E-state index in [9.17, 15) is 14.4 Å². The molecule has 1 fully saturated rings. The average molecular weight is 479 g/mol. The molecule has 2 aliphatic carbocycles. The summed E-state index contributed by atoms with van der Waals surface area (Å²) in [6, 6.07) is 16.2. The third-order valence-corrected chi connectivity index (χ3v) is 6.87. The number of hydrogen-bond acceptors (Lipinski definition) is 4. The van der Waals surface area contributed by atoms with Crippen LogP contribution in [0, 0.1) is 0 Å². The minimum absolute atomic E-state index is 0.0229. The third-order valence-electron chi connectivity index (χ3n) is 6.87. The van der Waals surface area contributed by atoms with E-state index in [2.05, 4.69) is 36.5 Å². The van der Waals surface area contributed by atoms with Crippen LogP contribution in [-0.2, 0) is 14.3 Å². The molecule has 4 rings (SSSR count). The van der Waals surface area contributed by atoms with Crippen LogP contribution in [0.15, 0.2) is 48.5 Å². The quantitative estimate of drug-likeness (QED) is 0.451. The Hall–Kier alpha value is -3.35. The molecule has 35 heavy (non-hydrogen) atoms. The highest BCUT2D eigenvalue weighted by atomic mass is 16.5. The summed E-state index contributed by atoms with van der Waals surface area (Å²) in [5.74, 6) is -1.04. The Balaban J connectivity index is 1.36. The number of carboxylic acids is 1. The lowest BCUT2D eigenvalue weighted by atomic mass is 9.98. The van der Waals surface area contributed by atoms with Crippen LogP contribution in [0.3, 0.4) is 0 Å². The first kappa shape index (κ1) is 24.8. The summed E-state index contributed by atoms with van der Waals surface area (Å²) in [4.78, 5) is 38.4. The number of unbranched alkanes of at least 4 members (excludes halogenated alkanes) is 1. The van der Waals surface area contributed by atoms with Crippen molar-refractivity contribution in [2.75, 3.05) is 13.2 Å². The Morgan fingerprint density at radius 3 is 2.26 bits per heavy atom. The molecule has 0 bridgehead atoms. The third kappa shape index (κ3) is 6.21. The summed E-state index contributed by atoms with van der Waals surface area (Å²) in [5, 5.41) is 11.9. The van der Waals surface area contributed by atoms with Crippen molar-refractivity contribution in [2.45, 2.75) is 69.9 Å². The molecule has 7 heteroatoms. The van der Waals surface area contributed by atoms with E-state index in [-0.39, 0.29) is 49.9 Å². The molecule has 2 amide bonds. The molecule has 2 aliphatic rings.